The smallest absolute Gasteiger partial charge is 0.310 e. The third-order valence-corrected chi connectivity index (χ3v) is 3.39. The molecule has 0 aromatic heterocycles. The third kappa shape index (κ3) is 5.49. The number of carbonyl (C=O) groups is 2. The Morgan fingerprint density at radius 1 is 1.28 bits per heavy atom. The van der Waals surface area contributed by atoms with Crippen molar-refractivity contribution in [2.75, 3.05) is 19.6 Å². The van der Waals surface area contributed by atoms with Crippen LogP contribution in [0.4, 0.5) is 0 Å². The van der Waals surface area contributed by atoms with E-state index in [9.17, 15) is 14.7 Å². The average Bonchev–Trinajstić information content (AvgIpc) is 2.28. The molecule has 3 N–H and O–H groups in total. The van der Waals surface area contributed by atoms with E-state index in [0.717, 1.165) is 19.5 Å². The maximum atomic E-state index is 11.7. The van der Waals surface area contributed by atoms with Crippen LogP contribution in [0.3, 0.4) is 0 Å². The molecule has 0 saturated carbocycles. The molecule has 0 aromatic carbocycles. The van der Waals surface area contributed by atoms with Crippen LogP contribution in [0, 0.1) is 11.3 Å². The van der Waals surface area contributed by atoms with Gasteiger partial charge in [-0.2, -0.15) is 0 Å². The van der Waals surface area contributed by atoms with Gasteiger partial charge in [0, 0.05) is 13.0 Å². The van der Waals surface area contributed by atoms with Gasteiger partial charge in [-0.05, 0) is 32.4 Å². The molecule has 106 valence electrons. The van der Waals surface area contributed by atoms with E-state index in [1.807, 2.05) is 20.8 Å². The lowest BCUT2D eigenvalue weighted by Crippen LogP contribution is -2.39. The van der Waals surface area contributed by atoms with E-state index in [-0.39, 0.29) is 18.2 Å². The fraction of sp³-hybridized carbons (Fsp3) is 0.846. The number of rotatable bonds is 9. The van der Waals surface area contributed by atoms with Gasteiger partial charge in [0.25, 0.3) is 0 Å². The van der Waals surface area contributed by atoms with Crippen molar-refractivity contribution in [3.8, 4) is 0 Å². The monoisotopic (exact) mass is 258 g/mol. The Kier molecular flexibility index (Phi) is 7.59. The summed E-state index contributed by atoms with van der Waals surface area (Å²) in [5, 5.41) is 15.1. The molecule has 0 radical (unpaired) electrons. The zero-order valence-corrected chi connectivity index (χ0v) is 11.9. The first-order valence-electron chi connectivity index (χ1n) is 6.55. The van der Waals surface area contributed by atoms with Crippen LogP contribution in [0.25, 0.3) is 0 Å². The molecule has 18 heavy (non-hydrogen) atoms. The van der Waals surface area contributed by atoms with Crippen molar-refractivity contribution in [3.63, 3.8) is 0 Å². The molecule has 0 rings (SSSR count). The Hall–Kier alpha value is -1.10. The van der Waals surface area contributed by atoms with Crippen LogP contribution >= 0.6 is 0 Å². The van der Waals surface area contributed by atoms with E-state index in [1.165, 1.54) is 0 Å². The van der Waals surface area contributed by atoms with E-state index < -0.39 is 11.4 Å². The van der Waals surface area contributed by atoms with Crippen molar-refractivity contribution in [1.82, 2.24) is 10.6 Å². The van der Waals surface area contributed by atoms with Crippen molar-refractivity contribution in [2.45, 2.75) is 40.5 Å². The molecule has 0 fully saturated rings. The lowest BCUT2D eigenvalue weighted by Gasteiger charge is -2.28. The molecular formula is C13H26N2O3. The summed E-state index contributed by atoms with van der Waals surface area (Å²) in [6, 6.07) is 0. The van der Waals surface area contributed by atoms with Crippen LogP contribution in [-0.4, -0.2) is 36.6 Å². The first kappa shape index (κ1) is 16.9. The first-order valence-corrected chi connectivity index (χ1v) is 6.55. The number of carboxylic acid groups (broad SMARTS) is 1. The van der Waals surface area contributed by atoms with E-state index in [4.69, 9.17) is 0 Å². The predicted octanol–water partition coefficient (Wildman–Crippen LogP) is 1.24. The van der Waals surface area contributed by atoms with Crippen molar-refractivity contribution < 1.29 is 14.7 Å². The Balaban J connectivity index is 4.09. The molecule has 0 aliphatic carbocycles. The number of nitrogens with one attached hydrogen (secondary N) is 2. The van der Waals surface area contributed by atoms with Gasteiger partial charge in [-0.1, -0.05) is 20.8 Å². The van der Waals surface area contributed by atoms with Crippen molar-refractivity contribution in [3.05, 3.63) is 0 Å². The zero-order valence-electron chi connectivity index (χ0n) is 11.9. The summed E-state index contributed by atoms with van der Waals surface area (Å²) in [5.41, 5.74) is -0.994. The second-order valence-electron chi connectivity index (χ2n) is 5.11. The average molecular weight is 258 g/mol. The van der Waals surface area contributed by atoms with Gasteiger partial charge in [0.15, 0.2) is 0 Å². The highest BCUT2D eigenvalue weighted by molar-refractivity contribution is 5.84. The largest absolute Gasteiger partial charge is 0.481 e. The van der Waals surface area contributed by atoms with Crippen LogP contribution < -0.4 is 10.6 Å². The highest BCUT2D eigenvalue weighted by Crippen LogP contribution is 2.31. The van der Waals surface area contributed by atoms with Gasteiger partial charge in [0.05, 0.1) is 5.41 Å². The highest BCUT2D eigenvalue weighted by Gasteiger charge is 2.38. The van der Waals surface area contributed by atoms with Crippen molar-refractivity contribution in [1.29, 1.82) is 0 Å². The van der Waals surface area contributed by atoms with Crippen LogP contribution in [-0.2, 0) is 9.59 Å². The lowest BCUT2D eigenvalue weighted by molar-refractivity contribution is -0.153. The Bertz CT molecular complexity index is 279. The maximum absolute atomic E-state index is 11.7. The Morgan fingerprint density at radius 3 is 2.33 bits per heavy atom. The second kappa shape index (κ2) is 8.08. The van der Waals surface area contributed by atoms with Crippen LogP contribution in [0.2, 0.25) is 0 Å². The van der Waals surface area contributed by atoms with E-state index in [2.05, 4.69) is 10.6 Å². The van der Waals surface area contributed by atoms with Crippen molar-refractivity contribution >= 4 is 11.9 Å². The molecule has 1 atom stereocenters. The molecule has 0 heterocycles. The summed E-state index contributed by atoms with van der Waals surface area (Å²) in [7, 11) is 0. The van der Waals surface area contributed by atoms with E-state index >= 15 is 0 Å². The predicted molar refractivity (Wildman–Crippen MR) is 71.4 cm³/mol. The number of amides is 1. The number of carboxylic acids is 1. The van der Waals surface area contributed by atoms with Gasteiger partial charge in [-0.3, -0.25) is 9.59 Å². The van der Waals surface area contributed by atoms with Gasteiger partial charge in [-0.25, -0.2) is 0 Å². The summed E-state index contributed by atoms with van der Waals surface area (Å²) in [4.78, 5) is 22.9. The molecule has 0 aromatic rings. The minimum absolute atomic E-state index is 0.0290. The molecule has 0 aliphatic heterocycles. The summed E-state index contributed by atoms with van der Waals surface area (Å²) in [6.07, 6.45) is 0.881. The molecule has 1 amide bonds. The minimum atomic E-state index is -0.994. The molecule has 5 heteroatoms. The quantitative estimate of drug-likeness (QED) is 0.544. The summed E-state index contributed by atoms with van der Waals surface area (Å²) < 4.78 is 0. The Morgan fingerprint density at radius 2 is 1.89 bits per heavy atom. The Labute approximate surface area is 109 Å². The fourth-order valence-corrected chi connectivity index (χ4v) is 1.54. The first-order chi connectivity index (χ1) is 8.34. The zero-order chi connectivity index (χ0) is 14.2. The molecule has 0 bridgehead atoms. The van der Waals surface area contributed by atoms with Crippen LogP contribution in [0.15, 0.2) is 0 Å². The SMILES string of the molecule is CCNCCCNC(=O)CC(C)(C(=O)O)C(C)C. The molecule has 0 spiro atoms. The standard InChI is InChI=1S/C13H26N2O3/c1-5-14-7-6-8-15-11(16)9-13(4,10(2)3)12(17)18/h10,14H,5-9H2,1-4H3,(H,15,16)(H,17,18). The van der Waals surface area contributed by atoms with Crippen LogP contribution in [0.1, 0.15) is 40.5 Å². The van der Waals surface area contributed by atoms with Gasteiger partial charge >= 0.3 is 5.97 Å². The van der Waals surface area contributed by atoms with Crippen LogP contribution in [0.5, 0.6) is 0 Å². The number of carbonyl (C=O) groups excluding carboxylic acids is 1. The van der Waals surface area contributed by atoms with Crippen molar-refractivity contribution in [2.24, 2.45) is 11.3 Å². The third-order valence-electron chi connectivity index (χ3n) is 3.39. The molecule has 0 aliphatic rings. The normalized spacial score (nSPS) is 14.3. The summed E-state index contributed by atoms with van der Waals surface area (Å²) >= 11 is 0. The van der Waals surface area contributed by atoms with E-state index in [1.54, 1.807) is 6.92 Å². The van der Waals surface area contributed by atoms with Gasteiger partial charge in [0.1, 0.15) is 0 Å². The van der Waals surface area contributed by atoms with E-state index in [0.29, 0.717) is 6.54 Å². The molecule has 5 nitrogen and oxygen atoms in total. The number of hydrogen-bond acceptors (Lipinski definition) is 3. The van der Waals surface area contributed by atoms with Gasteiger partial charge < -0.3 is 15.7 Å². The van der Waals surface area contributed by atoms with Gasteiger partial charge in [0.2, 0.25) is 5.91 Å². The topological polar surface area (TPSA) is 78.4 Å². The fourth-order valence-electron chi connectivity index (χ4n) is 1.54. The molecule has 1 unspecified atom stereocenters. The number of hydrogen-bond donors (Lipinski definition) is 3. The lowest BCUT2D eigenvalue weighted by atomic mass is 9.76. The molecule has 0 saturated heterocycles. The highest BCUT2D eigenvalue weighted by atomic mass is 16.4. The minimum Gasteiger partial charge on any atom is -0.481 e. The summed E-state index contributed by atoms with van der Waals surface area (Å²) in [5.74, 6) is -1.19. The maximum Gasteiger partial charge on any atom is 0.310 e. The number of aliphatic carboxylic acids is 1. The summed E-state index contributed by atoms with van der Waals surface area (Å²) in [6.45, 7) is 9.66. The van der Waals surface area contributed by atoms with Gasteiger partial charge in [-0.15, -0.1) is 0 Å². The second-order valence-corrected chi connectivity index (χ2v) is 5.11. The molecular weight excluding hydrogens is 232 g/mol.